The average Bonchev–Trinajstić information content (AvgIpc) is 3.26. The van der Waals surface area contributed by atoms with Crippen molar-refractivity contribution >= 4 is 39.0 Å². The van der Waals surface area contributed by atoms with Crippen LogP contribution in [0.2, 0.25) is 0 Å². The van der Waals surface area contributed by atoms with Crippen LogP contribution in [-0.2, 0) is 4.74 Å². The van der Waals surface area contributed by atoms with Gasteiger partial charge >= 0.3 is 0 Å². The summed E-state index contributed by atoms with van der Waals surface area (Å²) in [5, 5.41) is 7.17. The molecule has 3 heterocycles. The van der Waals surface area contributed by atoms with Gasteiger partial charge in [-0.15, -0.1) is 11.3 Å². The highest BCUT2D eigenvalue weighted by Gasteiger charge is 2.21. The Balaban J connectivity index is 1.29. The van der Waals surface area contributed by atoms with Gasteiger partial charge in [-0.3, -0.25) is 9.69 Å². The van der Waals surface area contributed by atoms with Crippen molar-refractivity contribution in [1.82, 2.24) is 20.2 Å². The molecule has 1 aliphatic carbocycles. The van der Waals surface area contributed by atoms with Gasteiger partial charge in [0.15, 0.2) is 0 Å². The highest BCUT2D eigenvalue weighted by atomic mass is 32.1. The van der Waals surface area contributed by atoms with Gasteiger partial charge in [-0.1, -0.05) is 6.42 Å². The maximum Gasteiger partial charge on any atom is 0.261 e. The highest BCUT2D eigenvalue weighted by molar-refractivity contribution is 7.20. The molecule has 10 heteroatoms. The predicted molar refractivity (Wildman–Crippen MR) is 144 cm³/mol. The fourth-order valence-electron chi connectivity index (χ4n) is 4.98. The number of aromatic nitrogens is 2. The van der Waals surface area contributed by atoms with Gasteiger partial charge in [0.2, 0.25) is 0 Å². The van der Waals surface area contributed by atoms with E-state index >= 15 is 0 Å². The Morgan fingerprint density at radius 3 is 2.84 bits per heavy atom. The van der Waals surface area contributed by atoms with Crippen LogP contribution in [-0.4, -0.2) is 66.3 Å². The van der Waals surface area contributed by atoms with E-state index in [0.29, 0.717) is 28.7 Å². The van der Waals surface area contributed by atoms with E-state index in [4.69, 9.17) is 9.47 Å². The molecule has 198 valence electrons. The maximum absolute atomic E-state index is 14.1. The zero-order valence-corrected chi connectivity index (χ0v) is 22.0. The summed E-state index contributed by atoms with van der Waals surface area (Å²) in [6.07, 6.45) is 7.87. The number of thiophene rings is 1. The predicted octanol–water partition coefficient (Wildman–Crippen LogP) is 5.05. The van der Waals surface area contributed by atoms with Crippen molar-refractivity contribution in [2.45, 2.75) is 51.6 Å². The van der Waals surface area contributed by atoms with Crippen LogP contribution in [0.25, 0.3) is 10.2 Å². The molecule has 1 saturated heterocycles. The molecule has 2 fully saturated rings. The number of amides is 1. The van der Waals surface area contributed by atoms with Crippen molar-refractivity contribution in [2.24, 2.45) is 0 Å². The Hall–Kier alpha value is -2.82. The van der Waals surface area contributed by atoms with Gasteiger partial charge in [0.25, 0.3) is 5.91 Å². The number of benzene rings is 1. The highest BCUT2D eigenvalue weighted by Crippen LogP contribution is 2.37. The van der Waals surface area contributed by atoms with Crippen molar-refractivity contribution in [1.29, 1.82) is 0 Å². The molecule has 0 radical (unpaired) electrons. The van der Waals surface area contributed by atoms with E-state index in [1.807, 2.05) is 6.92 Å². The fraction of sp³-hybridized carbons (Fsp3) is 0.519. The molecule has 8 nitrogen and oxygen atoms in total. The van der Waals surface area contributed by atoms with Gasteiger partial charge in [-0.05, 0) is 63.3 Å². The van der Waals surface area contributed by atoms with Crippen LogP contribution in [0, 0.1) is 12.7 Å². The summed E-state index contributed by atoms with van der Waals surface area (Å²) >= 11 is 1.36. The Morgan fingerprint density at radius 2 is 2.03 bits per heavy atom. The van der Waals surface area contributed by atoms with Crippen LogP contribution in [0.5, 0.6) is 5.75 Å². The minimum absolute atomic E-state index is 0.0861. The van der Waals surface area contributed by atoms with Crippen LogP contribution >= 0.6 is 11.3 Å². The smallest absolute Gasteiger partial charge is 0.261 e. The first kappa shape index (κ1) is 25.8. The van der Waals surface area contributed by atoms with E-state index in [-0.39, 0.29) is 17.8 Å². The summed E-state index contributed by atoms with van der Waals surface area (Å²) in [4.78, 5) is 25.6. The Bertz CT molecular complexity index is 1220. The van der Waals surface area contributed by atoms with E-state index in [1.54, 1.807) is 6.07 Å². The summed E-state index contributed by atoms with van der Waals surface area (Å²) in [6, 6.07) is 4.50. The number of fused-ring (bicyclic) bond motifs is 1. The molecule has 0 spiro atoms. The summed E-state index contributed by atoms with van der Waals surface area (Å²) in [6.45, 7) is 6.90. The van der Waals surface area contributed by atoms with Gasteiger partial charge in [-0.2, -0.15) is 0 Å². The van der Waals surface area contributed by atoms with Crippen LogP contribution in [0.3, 0.4) is 0 Å². The molecule has 1 saturated carbocycles. The number of rotatable bonds is 9. The number of morpholine rings is 1. The molecule has 5 rings (SSSR count). The van der Waals surface area contributed by atoms with Gasteiger partial charge in [0, 0.05) is 25.7 Å². The van der Waals surface area contributed by atoms with Gasteiger partial charge in [0.1, 0.15) is 28.5 Å². The number of carbonyl (C=O) groups excluding carboxylic acids is 1. The van der Waals surface area contributed by atoms with E-state index in [2.05, 4.69) is 25.5 Å². The van der Waals surface area contributed by atoms with E-state index < -0.39 is 0 Å². The third-order valence-corrected chi connectivity index (χ3v) is 8.21. The Labute approximate surface area is 220 Å². The number of anilines is 2. The number of ether oxygens (including phenoxy) is 2. The number of carbonyl (C=O) groups is 1. The zero-order chi connectivity index (χ0) is 25.6. The molecule has 1 aromatic carbocycles. The molecule has 2 N–H and O–H groups in total. The minimum Gasteiger partial charge on any atom is -0.488 e. The minimum atomic E-state index is -0.344. The lowest BCUT2D eigenvalue weighted by molar-refractivity contribution is 0.0374. The van der Waals surface area contributed by atoms with Crippen molar-refractivity contribution in [3.8, 4) is 5.75 Å². The fourth-order valence-corrected chi connectivity index (χ4v) is 6.04. The second kappa shape index (κ2) is 12.1. The van der Waals surface area contributed by atoms with Crippen molar-refractivity contribution in [2.75, 3.05) is 44.7 Å². The van der Waals surface area contributed by atoms with Crippen molar-refractivity contribution in [3.05, 3.63) is 40.8 Å². The normalized spacial score (nSPS) is 17.1. The molecule has 0 unspecified atom stereocenters. The molecule has 0 bridgehead atoms. The second-order valence-corrected chi connectivity index (χ2v) is 10.7. The van der Waals surface area contributed by atoms with Crippen molar-refractivity contribution in [3.63, 3.8) is 0 Å². The van der Waals surface area contributed by atoms with Crippen LogP contribution in [0.4, 0.5) is 15.9 Å². The van der Waals surface area contributed by atoms with Crippen molar-refractivity contribution < 1.29 is 18.7 Å². The lowest BCUT2D eigenvalue weighted by Gasteiger charge is -2.26. The molecular weight excluding hydrogens is 493 g/mol. The van der Waals surface area contributed by atoms with Crippen LogP contribution in [0.1, 0.15) is 53.8 Å². The molecule has 1 aliphatic heterocycles. The number of hydrogen-bond donors (Lipinski definition) is 2. The number of halogens is 1. The number of aryl methyl sites for hydroxylation is 1. The number of nitrogens with one attached hydrogen (secondary N) is 2. The topological polar surface area (TPSA) is 88.6 Å². The quantitative estimate of drug-likeness (QED) is 0.377. The molecule has 3 aromatic rings. The van der Waals surface area contributed by atoms with Crippen LogP contribution < -0.4 is 15.4 Å². The molecule has 2 aromatic heterocycles. The second-order valence-electron chi connectivity index (χ2n) is 9.67. The monoisotopic (exact) mass is 527 g/mol. The third kappa shape index (κ3) is 6.37. The molecule has 1 amide bonds. The van der Waals surface area contributed by atoms with Crippen LogP contribution in [0.15, 0.2) is 24.5 Å². The first-order valence-electron chi connectivity index (χ1n) is 13.1. The summed E-state index contributed by atoms with van der Waals surface area (Å²) in [5.74, 6) is 0.606. The molecule has 2 aliphatic rings. The number of hydrogen-bond acceptors (Lipinski definition) is 8. The first-order valence-corrected chi connectivity index (χ1v) is 14.0. The van der Waals surface area contributed by atoms with Gasteiger partial charge < -0.3 is 20.1 Å². The van der Waals surface area contributed by atoms with E-state index in [1.165, 1.54) is 36.2 Å². The lowest BCUT2D eigenvalue weighted by atomic mass is 9.98. The summed E-state index contributed by atoms with van der Waals surface area (Å²) in [7, 11) is 0. The molecular formula is C27H34FN5O3S. The largest absolute Gasteiger partial charge is 0.488 e. The summed E-state index contributed by atoms with van der Waals surface area (Å²) < 4.78 is 25.7. The average molecular weight is 528 g/mol. The first-order chi connectivity index (χ1) is 18.1. The lowest BCUT2D eigenvalue weighted by Crippen LogP contribution is -2.38. The van der Waals surface area contributed by atoms with Gasteiger partial charge in [-0.25, -0.2) is 14.4 Å². The van der Waals surface area contributed by atoms with Gasteiger partial charge in [0.05, 0.1) is 35.3 Å². The van der Waals surface area contributed by atoms with E-state index in [0.717, 1.165) is 80.7 Å². The summed E-state index contributed by atoms with van der Waals surface area (Å²) in [5.41, 5.74) is 1.47. The SMILES string of the molecule is Cc1c(C(=O)NCCCN2CCOCC2)sc2ncnc(Nc3ccc(F)cc3OC3CCCCC3)c12. The Morgan fingerprint density at radius 1 is 1.22 bits per heavy atom. The number of nitrogens with zero attached hydrogens (tertiary/aromatic N) is 3. The molecule has 0 atom stereocenters. The Kier molecular flexibility index (Phi) is 8.48. The maximum atomic E-state index is 14.1. The van der Waals surface area contributed by atoms with E-state index in [9.17, 15) is 9.18 Å². The molecule has 37 heavy (non-hydrogen) atoms. The standard InChI is InChI=1S/C27H34FN5O3S/c1-18-23-25(32-21-9-8-19(28)16-22(21)36-20-6-3-2-4-7-20)30-17-31-27(23)37-24(18)26(34)29-10-5-11-33-12-14-35-15-13-33/h8-9,16-17,20H,2-7,10-15H2,1H3,(H,29,34)(H,30,31,32). The zero-order valence-electron chi connectivity index (χ0n) is 21.2. The third-order valence-electron chi connectivity index (χ3n) is 7.02.